The highest BCUT2D eigenvalue weighted by Gasteiger charge is 2.12. The molecule has 0 aromatic heterocycles. The van der Waals surface area contributed by atoms with Crippen LogP contribution in [0, 0.1) is 0 Å². The van der Waals surface area contributed by atoms with Gasteiger partial charge in [0.25, 0.3) is 0 Å². The topological polar surface area (TPSA) is 60.0 Å². The lowest BCUT2D eigenvalue weighted by Crippen LogP contribution is -2.35. The molecule has 2 aliphatic rings. The smallest absolute Gasteiger partial charge is 0.244 e. The lowest BCUT2D eigenvalue weighted by Gasteiger charge is -2.26. The fourth-order valence-corrected chi connectivity index (χ4v) is 3.29. The largest absolute Gasteiger partial charge is 0.454 e. The van der Waals surface area contributed by atoms with Gasteiger partial charge in [-0.05, 0) is 34.9 Å². The summed E-state index contributed by atoms with van der Waals surface area (Å²) in [5.74, 6) is 1.31. The predicted molar refractivity (Wildman–Crippen MR) is 106 cm³/mol. The summed E-state index contributed by atoms with van der Waals surface area (Å²) in [6.07, 6.45) is 3.31. The Morgan fingerprint density at radius 1 is 1.04 bits per heavy atom. The minimum atomic E-state index is -0.128. The molecule has 146 valence electrons. The second kappa shape index (κ2) is 8.91. The molecule has 4 rings (SSSR count). The van der Waals surface area contributed by atoms with Gasteiger partial charge in [-0.25, -0.2) is 0 Å². The van der Waals surface area contributed by atoms with Crippen molar-refractivity contribution in [2.24, 2.45) is 0 Å². The highest BCUT2D eigenvalue weighted by molar-refractivity contribution is 5.91. The van der Waals surface area contributed by atoms with Gasteiger partial charge in [0.05, 0.1) is 13.2 Å². The van der Waals surface area contributed by atoms with Crippen LogP contribution in [0.2, 0.25) is 0 Å². The van der Waals surface area contributed by atoms with Gasteiger partial charge in [-0.3, -0.25) is 9.69 Å². The molecule has 6 heteroatoms. The van der Waals surface area contributed by atoms with Gasteiger partial charge in [-0.1, -0.05) is 30.3 Å². The zero-order valence-corrected chi connectivity index (χ0v) is 15.7. The van der Waals surface area contributed by atoms with Crippen molar-refractivity contribution in [1.82, 2.24) is 10.2 Å². The number of hydrogen-bond acceptors (Lipinski definition) is 5. The van der Waals surface area contributed by atoms with Gasteiger partial charge in [0.1, 0.15) is 0 Å². The molecule has 1 amide bonds. The zero-order chi connectivity index (χ0) is 19.2. The third-order valence-corrected chi connectivity index (χ3v) is 4.79. The first-order valence-corrected chi connectivity index (χ1v) is 9.50. The van der Waals surface area contributed by atoms with Crippen LogP contribution in [0.1, 0.15) is 16.7 Å². The van der Waals surface area contributed by atoms with Gasteiger partial charge < -0.3 is 19.5 Å². The van der Waals surface area contributed by atoms with E-state index in [1.54, 1.807) is 6.08 Å². The Bertz CT molecular complexity index is 859. The molecule has 0 radical (unpaired) electrons. The molecule has 28 heavy (non-hydrogen) atoms. The van der Waals surface area contributed by atoms with Crippen molar-refractivity contribution in [3.63, 3.8) is 0 Å². The number of carbonyl (C=O) groups is 1. The van der Waals surface area contributed by atoms with E-state index >= 15 is 0 Å². The second-order valence-electron chi connectivity index (χ2n) is 6.87. The van der Waals surface area contributed by atoms with Crippen molar-refractivity contribution in [2.75, 3.05) is 33.1 Å². The summed E-state index contributed by atoms with van der Waals surface area (Å²) >= 11 is 0. The predicted octanol–water partition coefficient (Wildman–Crippen LogP) is 2.58. The fourth-order valence-electron chi connectivity index (χ4n) is 3.29. The van der Waals surface area contributed by atoms with E-state index in [0.29, 0.717) is 12.3 Å². The highest BCUT2D eigenvalue weighted by Crippen LogP contribution is 2.32. The first-order valence-electron chi connectivity index (χ1n) is 9.50. The number of rotatable bonds is 6. The highest BCUT2D eigenvalue weighted by atomic mass is 16.7. The van der Waals surface area contributed by atoms with E-state index in [9.17, 15) is 4.79 Å². The summed E-state index contributed by atoms with van der Waals surface area (Å²) < 4.78 is 16.0. The minimum Gasteiger partial charge on any atom is -0.454 e. The second-order valence-corrected chi connectivity index (χ2v) is 6.87. The SMILES string of the molecule is O=C(/C=C/c1ccc2c(c1)OCO2)NCc1cccc(CN2CCOCC2)c1. The number of benzene rings is 2. The van der Waals surface area contributed by atoms with Crippen LogP contribution in [0.5, 0.6) is 11.5 Å². The third kappa shape index (κ3) is 4.91. The van der Waals surface area contributed by atoms with Crippen molar-refractivity contribution in [3.05, 3.63) is 65.2 Å². The molecule has 2 heterocycles. The van der Waals surface area contributed by atoms with E-state index in [4.69, 9.17) is 14.2 Å². The maximum absolute atomic E-state index is 12.1. The van der Waals surface area contributed by atoms with Crippen molar-refractivity contribution in [1.29, 1.82) is 0 Å². The van der Waals surface area contributed by atoms with E-state index < -0.39 is 0 Å². The molecule has 0 aliphatic carbocycles. The first kappa shape index (κ1) is 18.5. The molecule has 1 saturated heterocycles. The number of amides is 1. The summed E-state index contributed by atoms with van der Waals surface area (Å²) in [4.78, 5) is 14.5. The number of nitrogens with zero attached hydrogens (tertiary/aromatic N) is 1. The lowest BCUT2D eigenvalue weighted by molar-refractivity contribution is -0.116. The molecule has 2 aromatic rings. The number of carbonyl (C=O) groups excluding carboxylic acids is 1. The lowest BCUT2D eigenvalue weighted by atomic mass is 10.1. The minimum absolute atomic E-state index is 0.128. The van der Waals surface area contributed by atoms with E-state index in [0.717, 1.165) is 49.7 Å². The Labute approximate surface area is 164 Å². The molecule has 0 unspecified atom stereocenters. The number of fused-ring (bicyclic) bond motifs is 1. The van der Waals surface area contributed by atoms with Crippen LogP contribution < -0.4 is 14.8 Å². The summed E-state index contributed by atoms with van der Waals surface area (Å²) in [5, 5.41) is 2.94. The molecule has 0 saturated carbocycles. The molecule has 1 fully saturated rings. The molecule has 6 nitrogen and oxygen atoms in total. The Morgan fingerprint density at radius 3 is 2.75 bits per heavy atom. The monoisotopic (exact) mass is 380 g/mol. The van der Waals surface area contributed by atoms with Gasteiger partial charge in [0.2, 0.25) is 12.7 Å². The summed E-state index contributed by atoms with van der Waals surface area (Å²) in [5.41, 5.74) is 3.24. The first-order chi connectivity index (χ1) is 13.8. The molecule has 0 spiro atoms. The molecule has 2 aromatic carbocycles. The Morgan fingerprint density at radius 2 is 1.86 bits per heavy atom. The molecule has 2 aliphatic heterocycles. The quantitative estimate of drug-likeness (QED) is 0.781. The Hall–Kier alpha value is -2.83. The van der Waals surface area contributed by atoms with Crippen LogP contribution in [-0.4, -0.2) is 43.9 Å². The van der Waals surface area contributed by atoms with Gasteiger partial charge in [-0.15, -0.1) is 0 Å². The normalized spacial score (nSPS) is 16.4. The summed E-state index contributed by atoms with van der Waals surface area (Å²) in [6, 6.07) is 14.0. The van der Waals surface area contributed by atoms with Crippen LogP contribution in [0.15, 0.2) is 48.5 Å². The van der Waals surface area contributed by atoms with Crippen LogP contribution in [-0.2, 0) is 22.6 Å². The van der Waals surface area contributed by atoms with Gasteiger partial charge >= 0.3 is 0 Å². The Balaban J connectivity index is 1.29. The van der Waals surface area contributed by atoms with E-state index in [-0.39, 0.29) is 12.7 Å². The average molecular weight is 380 g/mol. The van der Waals surface area contributed by atoms with E-state index in [1.807, 2.05) is 30.3 Å². The van der Waals surface area contributed by atoms with Crippen LogP contribution in [0.3, 0.4) is 0 Å². The average Bonchev–Trinajstić information content (AvgIpc) is 3.20. The van der Waals surface area contributed by atoms with Crippen molar-refractivity contribution < 1.29 is 19.0 Å². The van der Waals surface area contributed by atoms with Crippen molar-refractivity contribution in [3.8, 4) is 11.5 Å². The molecule has 0 atom stereocenters. The fraction of sp³-hybridized carbons (Fsp3) is 0.318. The van der Waals surface area contributed by atoms with Crippen LogP contribution >= 0.6 is 0 Å². The van der Waals surface area contributed by atoms with E-state index in [1.165, 1.54) is 11.6 Å². The number of hydrogen-bond donors (Lipinski definition) is 1. The number of ether oxygens (including phenoxy) is 3. The third-order valence-electron chi connectivity index (χ3n) is 4.79. The molecule has 0 bridgehead atoms. The number of morpholine rings is 1. The summed E-state index contributed by atoms with van der Waals surface area (Å²) in [6.45, 7) is 5.18. The standard InChI is InChI=1S/C22H24N2O4/c25-22(7-5-17-4-6-20-21(13-17)28-16-27-20)23-14-18-2-1-3-19(12-18)15-24-8-10-26-11-9-24/h1-7,12-13H,8-11,14-16H2,(H,23,25)/b7-5+. The Kier molecular flexibility index (Phi) is 5.89. The van der Waals surface area contributed by atoms with E-state index in [2.05, 4.69) is 22.3 Å². The molecular formula is C22H24N2O4. The van der Waals surface area contributed by atoms with Gasteiger partial charge in [0.15, 0.2) is 11.5 Å². The van der Waals surface area contributed by atoms with Crippen molar-refractivity contribution >= 4 is 12.0 Å². The molecular weight excluding hydrogens is 356 g/mol. The van der Waals surface area contributed by atoms with Crippen molar-refractivity contribution in [2.45, 2.75) is 13.1 Å². The van der Waals surface area contributed by atoms with Gasteiger partial charge in [-0.2, -0.15) is 0 Å². The zero-order valence-electron chi connectivity index (χ0n) is 15.7. The van der Waals surface area contributed by atoms with Crippen LogP contribution in [0.25, 0.3) is 6.08 Å². The maximum Gasteiger partial charge on any atom is 0.244 e. The number of nitrogens with one attached hydrogen (secondary N) is 1. The van der Waals surface area contributed by atoms with Gasteiger partial charge in [0, 0.05) is 32.3 Å². The van der Waals surface area contributed by atoms with Crippen LogP contribution in [0.4, 0.5) is 0 Å². The maximum atomic E-state index is 12.1. The summed E-state index contributed by atoms with van der Waals surface area (Å²) in [7, 11) is 0. The molecule has 1 N–H and O–H groups in total.